The van der Waals surface area contributed by atoms with Crippen LogP contribution in [0.25, 0.3) is 0 Å². The van der Waals surface area contributed by atoms with Gasteiger partial charge in [0.05, 0.1) is 0 Å². The molecule has 17 heavy (non-hydrogen) atoms. The van der Waals surface area contributed by atoms with Gasteiger partial charge in [0.25, 0.3) is 0 Å². The largest absolute Gasteiger partial charge is 0.271 e. The van der Waals surface area contributed by atoms with Crippen molar-refractivity contribution in [3.8, 4) is 0 Å². The maximum absolute atomic E-state index is 5.74. The molecule has 3 N–H and O–H groups in total. The number of benzene rings is 1. The Hall–Kier alpha value is -0.160. The van der Waals surface area contributed by atoms with E-state index in [1.807, 2.05) is 0 Å². The number of hydrazine groups is 1. The van der Waals surface area contributed by atoms with Gasteiger partial charge in [0.2, 0.25) is 0 Å². The summed E-state index contributed by atoms with van der Waals surface area (Å²) in [5.74, 6) is 8.25. The summed E-state index contributed by atoms with van der Waals surface area (Å²) in [4.78, 5) is 0. The van der Waals surface area contributed by atoms with Crippen LogP contribution in [0.15, 0.2) is 30.3 Å². The molecule has 1 aliphatic rings. The van der Waals surface area contributed by atoms with Gasteiger partial charge >= 0.3 is 0 Å². The van der Waals surface area contributed by atoms with E-state index in [4.69, 9.17) is 5.84 Å². The van der Waals surface area contributed by atoms with Crippen LogP contribution in [0.1, 0.15) is 12.5 Å². The normalized spacial score (nSPS) is 26.7. The number of hydrogen-bond donors (Lipinski definition) is 2. The highest BCUT2D eigenvalue weighted by molar-refractivity contribution is 8.07. The Morgan fingerprint density at radius 2 is 2.00 bits per heavy atom. The van der Waals surface area contributed by atoms with Gasteiger partial charge in [-0.15, -0.1) is 0 Å². The van der Waals surface area contributed by atoms with E-state index in [2.05, 4.69) is 66.2 Å². The molecule has 3 atom stereocenters. The molecule has 0 spiro atoms. The number of nitrogens with two attached hydrogens (primary N) is 1. The van der Waals surface area contributed by atoms with Crippen LogP contribution in [0.2, 0.25) is 0 Å². The Labute approximate surface area is 112 Å². The van der Waals surface area contributed by atoms with Crippen molar-refractivity contribution < 1.29 is 0 Å². The van der Waals surface area contributed by atoms with Crippen LogP contribution in [0.3, 0.4) is 0 Å². The summed E-state index contributed by atoms with van der Waals surface area (Å²) < 4.78 is 0. The monoisotopic (exact) mass is 268 g/mol. The van der Waals surface area contributed by atoms with Crippen molar-refractivity contribution in [2.45, 2.75) is 29.9 Å². The van der Waals surface area contributed by atoms with E-state index in [0.717, 1.165) is 6.42 Å². The summed E-state index contributed by atoms with van der Waals surface area (Å²) in [5, 5.41) is 1.29. The van der Waals surface area contributed by atoms with E-state index >= 15 is 0 Å². The first-order valence-electron chi connectivity index (χ1n) is 6.04. The lowest BCUT2D eigenvalue weighted by Crippen LogP contribution is -2.48. The van der Waals surface area contributed by atoms with Gasteiger partial charge in [-0.05, 0) is 12.0 Å². The zero-order chi connectivity index (χ0) is 12.1. The van der Waals surface area contributed by atoms with Crippen LogP contribution in [0.5, 0.6) is 0 Å². The summed E-state index contributed by atoms with van der Waals surface area (Å²) >= 11 is 4.12. The molecule has 0 aromatic heterocycles. The summed E-state index contributed by atoms with van der Waals surface area (Å²) in [6.07, 6.45) is 1.01. The topological polar surface area (TPSA) is 38.0 Å². The zero-order valence-electron chi connectivity index (χ0n) is 10.1. The predicted molar refractivity (Wildman–Crippen MR) is 79.4 cm³/mol. The van der Waals surface area contributed by atoms with Crippen molar-refractivity contribution in [3.05, 3.63) is 35.9 Å². The molecule has 0 amide bonds. The molecule has 0 radical (unpaired) electrons. The lowest BCUT2D eigenvalue weighted by molar-refractivity contribution is 0.501. The third-order valence-electron chi connectivity index (χ3n) is 3.15. The van der Waals surface area contributed by atoms with Gasteiger partial charge in [0.15, 0.2) is 0 Å². The molecule has 94 valence electrons. The molecular weight excluding hydrogens is 248 g/mol. The average Bonchev–Trinajstić information content (AvgIpc) is 2.38. The highest BCUT2D eigenvalue weighted by atomic mass is 32.2. The maximum atomic E-state index is 5.74. The molecule has 3 unspecified atom stereocenters. The van der Waals surface area contributed by atoms with Gasteiger partial charge in [0.1, 0.15) is 0 Å². The Balaban J connectivity index is 2.00. The second-order valence-corrected chi connectivity index (χ2v) is 7.15. The Morgan fingerprint density at radius 3 is 2.65 bits per heavy atom. The fourth-order valence-electron chi connectivity index (χ4n) is 2.23. The first-order chi connectivity index (χ1) is 8.31. The van der Waals surface area contributed by atoms with E-state index in [0.29, 0.717) is 16.5 Å². The summed E-state index contributed by atoms with van der Waals surface area (Å²) in [6.45, 7) is 2.32. The number of rotatable bonds is 4. The van der Waals surface area contributed by atoms with Crippen LogP contribution in [-0.2, 0) is 6.42 Å². The van der Waals surface area contributed by atoms with Gasteiger partial charge in [-0.25, -0.2) is 0 Å². The van der Waals surface area contributed by atoms with Gasteiger partial charge < -0.3 is 0 Å². The maximum Gasteiger partial charge on any atom is 0.0380 e. The molecule has 0 bridgehead atoms. The standard InChI is InChI=1S/C13H20N2S2/c1-10-13(17-8-7-16-10)12(15-14)9-11-5-3-2-4-6-11/h2-6,10,12-13,15H,7-9,14H2,1H3. The van der Waals surface area contributed by atoms with Crippen LogP contribution in [0, 0.1) is 0 Å². The Kier molecular flexibility index (Phi) is 5.22. The molecule has 1 aromatic rings. The van der Waals surface area contributed by atoms with Crippen molar-refractivity contribution in [1.29, 1.82) is 0 Å². The molecule has 1 aromatic carbocycles. The number of thioether (sulfide) groups is 2. The fourth-order valence-corrected chi connectivity index (χ4v) is 5.17. The average molecular weight is 268 g/mol. The van der Waals surface area contributed by atoms with Crippen LogP contribution >= 0.6 is 23.5 Å². The van der Waals surface area contributed by atoms with Crippen molar-refractivity contribution in [1.82, 2.24) is 5.43 Å². The molecule has 1 aliphatic heterocycles. The van der Waals surface area contributed by atoms with Crippen molar-refractivity contribution in [2.75, 3.05) is 11.5 Å². The minimum absolute atomic E-state index is 0.366. The van der Waals surface area contributed by atoms with E-state index in [-0.39, 0.29) is 0 Å². The van der Waals surface area contributed by atoms with Gasteiger partial charge in [-0.2, -0.15) is 23.5 Å². The SMILES string of the molecule is CC1SCCSC1C(Cc1ccccc1)NN. The summed E-state index contributed by atoms with van der Waals surface area (Å²) in [7, 11) is 0. The third-order valence-corrected chi connectivity index (χ3v) is 6.40. The minimum Gasteiger partial charge on any atom is -0.271 e. The Morgan fingerprint density at radius 1 is 1.29 bits per heavy atom. The van der Waals surface area contributed by atoms with Crippen molar-refractivity contribution >= 4 is 23.5 Å². The van der Waals surface area contributed by atoms with Crippen molar-refractivity contribution in [3.63, 3.8) is 0 Å². The van der Waals surface area contributed by atoms with E-state index in [9.17, 15) is 0 Å². The highest BCUT2D eigenvalue weighted by Gasteiger charge is 2.29. The van der Waals surface area contributed by atoms with E-state index in [1.54, 1.807) is 0 Å². The van der Waals surface area contributed by atoms with Gasteiger partial charge in [-0.3, -0.25) is 11.3 Å². The van der Waals surface area contributed by atoms with E-state index < -0.39 is 0 Å². The summed E-state index contributed by atoms with van der Waals surface area (Å²) in [6, 6.07) is 11.0. The number of nitrogens with one attached hydrogen (secondary N) is 1. The second-order valence-electron chi connectivity index (χ2n) is 4.37. The molecule has 4 heteroatoms. The molecule has 2 nitrogen and oxygen atoms in total. The molecule has 1 fully saturated rings. The molecule has 1 saturated heterocycles. The third kappa shape index (κ3) is 3.65. The molecular formula is C13H20N2S2. The lowest BCUT2D eigenvalue weighted by Gasteiger charge is -2.34. The van der Waals surface area contributed by atoms with Crippen LogP contribution in [-0.4, -0.2) is 28.0 Å². The molecule has 0 aliphatic carbocycles. The fraction of sp³-hybridized carbons (Fsp3) is 0.538. The van der Waals surface area contributed by atoms with Crippen LogP contribution < -0.4 is 11.3 Å². The lowest BCUT2D eigenvalue weighted by atomic mass is 10.0. The van der Waals surface area contributed by atoms with Gasteiger partial charge in [-0.1, -0.05) is 37.3 Å². The first kappa shape index (κ1) is 13.3. The predicted octanol–water partition coefficient (Wildman–Crippen LogP) is 2.30. The highest BCUT2D eigenvalue weighted by Crippen LogP contribution is 2.33. The van der Waals surface area contributed by atoms with Crippen molar-refractivity contribution in [2.24, 2.45) is 5.84 Å². The second kappa shape index (κ2) is 6.69. The molecule has 0 saturated carbocycles. The quantitative estimate of drug-likeness (QED) is 0.649. The minimum atomic E-state index is 0.366. The first-order valence-corrected chi connectivity index (χ1v) is 8.14. The Bertz CT molecular complexity index is 331. The summed E-state index contributed by atoms with van der Waals surface area (Å²) in [5.41, 5.74) is 4.38. The smallest absolute Gasteiger partial charge is 0.0380 e. The van der Waals surface area contributed by atoms with E-state index in [1.165, 1.54) is 17.1 Å². The zero-order valence-corrected chi connectivity index (χ0v) is 11.8. The number of hydrogen-bond acceptors (Lipinski definition) is 4. The van der Waals surface area contributed by atoms with Crippen LogP contribution in [0.4, 0.5) is 0 Å². The van der Waals surface area contributed by atoms with Gasteiger partial charge in [0, 0.05) is 28.0 Å². The molecule has 1 heterocycles. The molecule has 2 rings (SSSR count).